The number of benzene rings is 1. The first-order valence-corrected chi connectivity index (χ1v) is 14.9. The molecule has 2 saturated heterocycles. The first-order valence-electron chi connectivity index (χ1n) is 14.9. The zero-order chi connectivity index (χ0) is 27.2. The average molecular weight is 542 g/mol. The first kappa shape index (κ1) is 27.7. The predicted molar refractivity (Wildman–Crippen MR) is 146 cm³/mol. The van der Waals surface area contributed by atoms with Crippen LogP contribution in [0.25, 0.3) is 0 Å². The van der Waals surface area contributed by atoms with Crippen LogP contribution in [-0.4, -0.2) is 56.2 Å². The number of hydrogen-bond donors (Lipinski definition) is 2. The van der Waals surface area contributed by atoms with Crippen molar-refractivity contribution in [2.45, 2.75) is 108 Å². The highest BCUT2D eigenvalue weighted by molar-refractivity contribution is 5.97. The van der Waals surface area contributed by atoms with E-state index in [0.29, 0.717) is 25.3 Å². The standard InChI is InChI=1S/C30H43N3O6/c1-21(38-29(36)39-25-8-4-2-5-9-25)37-27(34)30(16-6-3-7-17-30)26-20-32-28(35)33(26)24-12-10-22(11-13-24)23-14-18-31-19-15-23/h10-13,21,23,25-26,31H,2-9,14-20H2,1H3,(H,32,35). The second-order valence-electron chi connectivity index (χ2n) is 11.6. The van der Waals surface area contributed by atoms with E-state index in [9.17, 15) is 14.4 Å². The third-order valence-electron chi connectivity index (χ3n) is 9.10. The molecule has 2 atom stereocenters. The lowest BCUT2D eigenvalue weighted by atomic mass is 9.68. The van der Waals surface area contributed by atoms with E-state index in [1.807, 2.05) is 12.1 Å². The fourth-order valence-corrected chi connectivity index (χ4v) is 6.93. The second kappa shape index (κ2) is 12.6. The van der Waals surface area contributed by atoms with Crippen LogP contribution in [0.1, 0.15) is 95.5 Å². The highest BCUT2D eigenvalue weighted by Crippen LogP contribution is 2.45. The zero-order valence-corrected chi connectivity index (χ0v) is 23.1. The molecule has 0 spiro atoms. The van der Waals surface area contributed by atoms with Crippen molar-refractivity contribution in [2.75, 3.05) is 24.5 Å². The van der Waals surface area contributed by atoms with Crippen LogP contribution in [0.2, 0.25) is 0 Å². The van der Waals surface area contributed by atoms with Crippen LogP contribution >= 0.6 is 0 Å². The quantitative estimate of drug-likeness (QED) is 0.353. The lowest BCUT2D eigenvalue weighted by Gasteiger charge is -2.42. The molecule has 214 valence electrons. The summed E-state index contributed by atoms with van der Waals surface area (Å²) in [7, 11) is 0. The maximum Gasteiger partial charge on any atom is 0.511 e. The van der Waals surface area contributed by atoms with Gasteiger partial charge in [0, 0.05) is 19.2 Å². The van der Waals surface area contributed by atoms with E-state index in [2.05, 4.69) is 22.8 Å². The van der Waals surface area contributed by atoms with Crippen molar-refractivity contribution in [1.29, 1.82) is 0 Å². The summed E-state index contributed by atoms with van der Waals surface area (Å²) in [5.41, 5.74) is 1.19. The summed E-state index contributed by atoms with van der Waals surface area (Å²) in [6, 6.07) is 7.66. The van der Waals surface area contributed by atoms with Crippen LogP contribution in [-0.2, 0) is 19.0 Å². The molecular formula is C30H43N3O6. The molecule has 1 aromatic rings. The number of urea groups is 1. The number of piperidine rings is 1. The lowest BCUT2D eigenvalue weighted by molar-refractivity contribution is -0.184. The van der Waals surface area contributed by atoms with Gasteiger partial charge in [0.15, 0.2) is 0 Å². The van der Waals surface area contributed by atoms with E-state index in [1.54, 1.807) is 11.8 Å². The minimum Gasteiger partial charge on any atom is -0.431 e. The molecule has 2 heterocycles. The number of esters is 1. The molecule has 9 nitrogen and oxygen atoms in total. The fourth-order valence-electron chi connectivity index (χ4n) is 6.93. The Morgan fingerprint density at radius 3 is 2.28 bits per heavy atom. The molecule has 2 aliphatic heterocycles. The van der Waals surface area contributed by atoms with Crippen LogP contribution in [0.15, 0.2) is 24.3 Å². The Bertz CT molecular complexity index is 996. The van der Waals surface area contributed by atoms with Gasteiger partial charge in [-0.1, -0.05) is 37.8 Å². The van der Waals surface area contributed by atoms with Gasteiger partial charge in [-0.15, -0.1) is 0 Å². The Balaban J connectivity index is 1.28. The van der Waals surface area contributed by atoms with E-state index < -0.39 is 23.8 Å². The Morgan fingerprint density at radius 2 is 1.59 bits per heavy atom. The van der Waals surface area contributed by atoms with Crippen molar-refractivity contribution >= 4 is 23.8 Å². The third-order valence-corrected chi connectivity index (χ3v) is 9.10. The fraction of sp³-hybridized carbons (Fsp3) is 0.700. The van der Waals surface area contributed by atoms with Crippen molar-refractivity contribution in [1.82, 2.24) is 10.6 Å². The molecule has 5 rings (SSSR count). The molecule has 2 unspecified atom stereocenters. The maximum absolute atomic E-state index is 13.8. The average Bonchev–Trinajstić information content (AvgIpc) is 3.36. The number of anilines is 1. The number of rotatable bonds is 7. The van der Waals surface area contributed by atoms with Gasteiger partial charge >= 0.3 is 18.2 Å². The maximum atomic E-state index is 13.8. The Hall–Kier alpha value is -2.81. The van der Waals surface area contributed by atoms with E-state index in [1.165, 1.54) is 5.56 Å². The summed E-state index contributed by atoms with van der Waals surface area (Å²) < 4.78 is 16.5. The van der Waals surface area contributed by atoms with Crippen LogP contribution in [0.3, 0.4) is 0 Å². The molecule has 0 bridgehead atoms. The van der Waals surface area contributed by atoms with Gasteiger partial charge in [0.05, 0.1) is 11.5 Å². The minimum absolute atomic E-state index is 0.135. The number of carbonyl (C=O) groups is 3. The largest absolute Gasteiger partial charge is 0.511 e. The SMILES string of the molecule is CC(OC(=O)OC1CCCCC1)OC(=O)C1(C2CNC(=O)N2c2ccc(C3CCNCC3)cc2)CCCCC1. The van der Waals surface area contributed by atoms with Gasteiger partial charge in [-0.05, 0) is 88.1 Å². The van der Waals surface area contributed by atoms with Crippen molar-refractivity contribution in [2.24, 2.45) is 5.41 Å². The molecule has 0 radical (unpaired) electrons. The van der Waals surface area contributed by atoms with E-state index in [0.717, 1.165) is 83.0 Å². The van der Waals surface area contributed by atoms with Crippen LogP contribution in [0, 0.1) is 5.41 Å². The normalized spacial score (nSPS) is 25.0. The van der Waals surface area contributed by atoms with Crippen molar-refractivity contribution in [3.63, 3.8) is 0 Å². The van der Waals surface area contributed by atoms with Crippen molar-refractivity contribution in [3.05, 3.63) is 29.8 Å². The smallest absolute Gasteiger partial charge is 0.431 e. The Morgan fingerprint density at radius 1 is 0.923 bits per heavy atom. The summed E-state index contributed by atoms with van der Waals surface area (Å²) in [5, 5.41) is 6.38. The lowest BCUT2D eigenvalue weighted by Crippen LogP contribution is -2.53. The van der Waals surface area contributed by atoms with Gasteiger partial charge in [0.1, 0.15) is 6.10 Å². The van der Waals surface area contributed by atoms with Crippen molar-refractivity contribution in [3.8, 4) is 0 Å². The number of carbonyl (C=O) groups excluding carboxylic acids is 3. The molecule has 0 aromatic heterocycles. The van der Waals surface area contributed by atoms with Gasteiger partial charge in [0.2, 0.25) is 6.29 Å². The Labute approximate surface area is 231 Å². The minimum atomic E-state index is -1.07. The van der Waals surface area contributed by atoms with Gasteiger partial charge in [-0.25, -0.2) is 9.59 Å². The van der Waals surface area contributed by atoms with Gasteiger partial charge < -0.3 is 24.8 Å². The van der Waals surface area contributed by atoms with Gasteiger partial charge in [-0.3, -0.25) is 9.69 Å². The summed E-state index contributed by atoms with van der Waals surface area (Å²) in [4.78, 5) is 41.0. The van der Waals surface area contributed by atoms with Crippen LogP contribution in [0.4, 0.5) is 15.3 Å². The summed E-state index contributed by atoms with van der Waals surface area (Å²) in [5.74, 6) is 0.104. The molecule has 9 heteroatoms. The molecule has 2 amide bonds. The van der Waals surface area contributed by atoms with Crippen LogP contribution in [0.5, 0.6) is 0 Å². The Kier molecular flexibility index (Phi) is 8.95. The number of amides is 2. The van der Waals surface area contributed by atoms with E-state index in [4.69, 9.17) is 14.2 Å². The zero-order valence-electron chi connectivity index (χ0n) is 23.1. The molecule has 2 N–H and O–H groups in total. The number of nitrogens with one attached hydrogen (secondary N) is 2. The topological polar surface area (TPSA) is 106 Å². The van der Waals surface area contributed by atoms with Crippen LogP contribution < -0.4 is 15.5 Å². The van der Waals surface area contributed by atoms with Crippen molar-refractivity contribution < 1.29 is 28.6 Å². The molecule has 2 aliphatic carbocycles. The molecule has 2 saturated carbocycles. The first-order chi connectivity index (χ1) is 19.0. The monoisotopic (exact) mass is 541 g/mol. The summed E-state index contributed by atoms with van der Waals surface area (Å²) >= 11 is 0. The number of ether oxygens (including phenoxy) is 3. The van der Waals surface area contributed by atoms with Gasteiger partial charge in [0.25, 0.3) is 0 Å². The van der Waals surface area contributed by atoms with E-state index in [-0.39, 0.29) is 18.2 Å². The van der Waals surface area contributed by atoms with E-state index >= 15 is 0 Å². The predicted octanol–water partition coefficient (Wildman–Crippen LogP) is 5.38. The molecule has 4 fully saturated rings. The highest BCUT2D eigenvalue weighted by Gasteiger charge is 2.54. The summed E-state index contributed by atoms with van der Waals surface area (Å²) in [6.45, 7) is 3.96. The number of hydrogen-bond acceptors (Lipinski definition) is 7. The second-order valence-corrected chi connectivity index (χ2v) is 11.6. The number of nitrogens with zero attached hydrogens (tertiary/aromatic N) is 1. The molecule has 4 aliphatic rings. The highest BCUT2D eigenvalue weighted by atomic mass is 16.8. The van der Waals surface area contributed by atoms with Gasteiger partial charge in [-0.2, -0.15) is 0 Å². The molecular weight excluding hydrogens is 498 g/mol. The molecule has 39 heavy (non-hydrogen) atoms. The third kappa shape index (κ3) is 6.34. The summed E-state index contributed by atoms with van der Waals surface area (Å²) in [6.07, 6.45) is 9.14. The molecule has 1 aromatic carbocycles.